The Morgan fingerprint density at radius 1 is 1.35 bits per heavy atom. The fourth-order valence-electron chi connectivity index (χ4n) is 2.57. The topological polar surface area (TPSA) is 74.6 Å². The molecule has 0 saturated heterocycles. The molecule has 122 valence electrons. The van der Waals surface area contributed by atoms with Gasteiger partial charge < -0.3 is 9.47 Å². The van der Waals surface area contributed by atoms with Crippen LogP contribution in [0.1, 0.15) is 30.6 Å². The zero-order valence-electron chi connectivity index (χ0n) is 12.1. The molecular formula is C14H13Cl2N3O3S. The second-order valence-corrected chi connectivity index (χ2v) is 7.11. The number of nitrogens with zero attached hydrogens (tertiary/aromatic N) is 2. The van der Waals surface area contributed by atoms with Crippen molar-refractivity contribution in [3.05, 3.63) is 43.3 Å². The Balaban J connectivity index is 1.84. The summed E-state index contributed by atoms with van der Waals surface area (Å²) < 4.78 is 1.56. The number of carbonyl (C=O) groups is 2. The molecule has 6 nitrogen and oxygen atoms in total. The van der Waals surface area contributed by atoms with Crippen LogP contribution in [0.5, 0.6) is 0 Å². The van der Waals surface area contributed by atoms with Crippen LogP contribution in [0.3, 0.4) is 0 Å². The molecule has 0 unspecified atom stereocenters. The van der Waals surface area contributed by atoms with E-state index in [4.69, 9.17) is 28.4 Å². The van der Waals surface area contributed by atoms with Crippen LogP contribution in [0.25, 0.3) is 0 Å². The fourth-order valence-corrected chi connectivity index (χ4v) is 4.06. The number of fused-ring (bicyclic) bond motifs is 1. The van der Waals surface area contributed by atoms with Crippen LogP contribution in [0.4, 0.5) is 0 Å². The summed E-state index contributed by atoms with van der Waals surface area (Å²) in [6.45, 7) is 0.959. The Hall–Kier alpha value is -1.54. The smallest absolute Gasteiger partial charge is 0.284 e. The van der Waals surface area contributed by atoms with E-state index >= 15 is 0 Å². The van der Waals surface area contributed by atoms with Crippen LogP contribution in [0.2, 0.25) is 10.2 Å². The molecular weight excluding hydrogens is 361 g/mol. The first-order valence-corrected chi connectivity index (χ1v) is 8.35. The van der Waals surface area contributed by atoms with Crippen LogP contribution in [0, 0.1) is 0 Å². The number of hydroxylamine groups is 1. The lowest BCUT2D eigenvalue weighted by atomic mass is 10.1. The summed E-state index contributed by atoms with van der Waals surface area (Å²) >= 11 is 13.2. The average molecular weight is 374 g/mol. The van der Waals surface area contributed by atoms with Crippen molar-refractivity contribution >= 4 is 46.4 Å². The summed E-state index contributed by atoms with van der Waals surface area (Å²) in [7, 11) is 1.69. The minimum absolute atomic E-state index is 0.159. The molecule has 9 heteroatoms. The molecule has 0 radical (unpaired) electrons. The molecule has 3 heterocycles. The third kappa shape index (κ3) is 2.85. The first kappa shape index (κ1) is 16.3. The SMILES string of the molecule is Cn1c(C(=O)N2CCc3cc(C(=O)NO)sc3C2)cc(Cl)c1Cl. The zero-order chi connectivity index (χ0) is 16.7. The third-order valence-corrected chi connectivity index (χ3v) is 5.83. The van der Waals surface area contributed by atoms with E-state index in [1.807, 2.05) is 0 Å². The maximum absolute atomic E-state index is 12.7. The van der Waals surface area contributed by atoms with Gasteiger partial charge in [-0.05, 0) is 24.1 Å². The van der Waals surface area contributed by atoms with Gasteiger partial charge in [-0.1, -0.05) is 23.2 Å². The van der Waals surface area contributed by atoms with Gasteiger partial charge in [0.05, 0.1) is 16.4 Å². The van der Waals surface area contributed by atoms with Crippen LogP contribution in [0.15, 0.2) is 12.1 Å². The van der Waals surface area contributed by atoms with Crippen molar-refractivity contribution in [1.29, 1.82) is 0 Å². The number of rotatable bonds is 2. The molecule has 0 fully saturated rings. The average Bonchev–Trinajstić information content (AvgIpc) is 3.09. The predicted molar refractivity (Wildman–Crippen MR) is 87.4 cm³/mol. The van der Waals surface area contributed by atoms with Gasteiger partial charge in [-0.25, -0.2) is 5.48 Å². The van der Waals surface area contributed by atoms with E-state index in [-0.39, 0.29) is 5.91 Å². The number of hydrogen-bond acceptors (Lipinski definition) is 4. The number of aromatic nitrogens is 1. The lowest BCUT2D eigenvalue weighted by Gasteiger charge is -2.27. The number of carbonyl (C=O) groups excluding carboxylic acids is 2. The molecule has 2 N–H and O–H groups in total. The highest BCUT2D eigenvalue weighted by Gasteiger charge is 2.27. The van der Waals surface area contributed by atoms with Crippen molar-refractivity contribution in [1.82, 2.24) is 14.9 Å². The number of hydrogen-bond donors (Lipinski definition) is 2. The largest absolute Gasteiger partial charge is 0.332 e. The van der Waals surface area contributed by atoms with Crippen molar-refractivity contribution in [2.24, 2.45) is 7.05 Å². The van der Waals surface area contributed by atoms with Gasteiger partial charge in [-0.3, -0.25) is 14.8 Å². The quantitative estimate of drug-likeness (QED) is 0.627. The van der Waals surface area contributed by atoms with Crippen LogP contribution in [-0.4, -0.2) is 33.0 Å². The van der Waals surface area contributed by atoms with Gasteiger partial charge in [0.2, 0.25) is 0 Å². The van der Waals surface area contributed by atoms with Crippen molar-refractivity contribution in [3.63, 3.8) is 0 Å². The molecule has 0 spiro atoms. The van der Waals surface area contributed by atoms with Gasteiger partial charge in [0.1, 0.15) is 10.8 Å². The van der Waals surface area contributed by atoms with Gasteiger partial charge >= 0.3 is 0 Å². The lowest BCUT2D eigenvalue weighted by Crippen LogP contribution is -2.36. The molecule has 0 aromatic carbocycles. The van der Waals surface area contributed by atoms with E-state index < -0.39 is 5.91 Å². The number of nitrogens with one attached hydrogen (secondary N) is 1. The van der Waals surface area contributed by atoms with Crippen molar-refractivity contribution in [2.45, 2.75) is 13.0 Å². The van der Waals surface area contributed by atoms with Gasteiger partial charge in [0.15, 0.2) is 0 Å². The number of thiophene rings is 1. The van der Waals surface area contributed by atoms with Gasteiger partial charge in [-0.2, -0.15) is 0 Å². The molecule has 2 aromatic rings. The summed E-state index contributed by atoms with van der Waals surface area (Å²) in [5.74, 6) is -0.697. The lowest BCUT2D eigenvalue weighted by molar-refractivity contribution is 0.0708. The Bertz CT molecular complexity index is 800. The highest BCUT2D eigenvalue weighted by molar-refractivity contribution is 7.14. The summed E-state index contributed by atoms with van der Waals surface area (Å²) in [6.07, 6.45) is 0.655. The Labute approximate surface area is 146 Å². The first-order valence-electron chi connectivity index (χ1n) is 6.78. The highest BCUT2D eigenvalue weighted by Crippen LogP contribution is 2.30. The Morgan fingerprint density at radius 3 is 2.70 bits per heavy atom. The van der Waals surface area contributed by atoms with Gasteiger partial charge in [0, 0.05) is 18.5 Å². The minimum Gasteiger partial charge on any atom is -0.332 e. The second-order valence-electron chi connectivity index (χ2n) is 5.20. The number of halogens is 2. The van der Waals surface area contributed by atoms with E-state index in [1.54, 1.807) is 34.1 Å². The molecule has 0 bridgehead atoms. The maximum atomic E-state index is 12.7. The van der Waals surface area contributed by atoms with Gasteiger partial charge in [-0.15, -0.1) is 11.3 Å². The van der Waals surface area contributed by atoms with E-state index in [1.165, 1.54) is 11.3 Å². The minimum atomic E-state index is -0.539. The molecule has 2 aromatic heterocycles. The van der Waals surface area contributed by atoms with Crippen LogP contribution >= 0.6 is 34.5 Å². The second kappa shape index (κ2) is 6.16. The summed E-state index contributed by atoms with van der Waals surface area (Å²) in [4.78, 5) is 27.2. The zero-order valence-corrected chi connectivity index (χ0v) is 14.4. The first-order chi connectivity index (χ1) is 10.9. The van der Waals surface area contributed by atoms with E-state index in [0.29, 0.717) is 40.3 Å². The summed E-state index contributed by atoms with van der Waals surface area (Å²) in [5, 5.41) is 9.38. The molecule has 0 atom stereocenters. The highest BCUT2D eigenvalue weighted by atomic mass is 35.5. The molecule has 1 aliphatic heterocycles. The fraction of sp³-hybridized carbons (Fsp3) is 0.286. The standard InChI is InChI=1S/C14H13Cl2N3O3S/c1-18-9(5-8(15)12(18)16)14(21)19-3-2-7-4-10(13(20)17-22)23-11(7)6-19/h4-5,22H,2-3,6H2,1H3,(H,17,20). The third-order valence-electron chi connectivity index (χ3n) is 3.83. The monoisotopic (exact) mass is 373 g/mol. The molecule has 2 amide bonds. The van der Waals surface area contributed by atoms with Crippen molar-refractivity contribution in [3.8, 4) is 0 Å². The van der Waals surface area contributed by atoms with Gasteiger partial charge in [0.25, 0.3) is 11.8 Å². The Kier molecular flexibility index (Phi) is 4.37. The van der Waals surface area contributed by atoms with Crippen LogP contribution in [-0.2, 0) is 20.0 Å². The van der Waals surface area contributed by atoms with Crippen molar-refractivity contribution in [2.75, 3.05) is 6.54 Å². The maximum Gasteiger partial charge on any atom is 0.284 e. The van der Waals surface area contributed by atoms with E-state index in [0.717, 1.165) is 10.4 Å². The summed E-state index contributed by atoms with van der Waals surface area (Å²) in [5.41, 5.74) is 3.08. The Morgan fingerprint density at radius 2 is 2.09 bits per heavy atom. The predicted octanol–water partition coefficient (Wildman–Crippen LogP) is 2.71. The molecule has 0 saturated carbocycles. The van der Waals surface area contributed by atoms with Crippen molar-refractivity contribution < 1.29 is 14.8 Å². The van der Waals surface area contributed by atoms with E-state index in [2.05, 4.69) is 0 Å². The molecule has 1 aliphatic rings. The summed E-state index contributed by atoms with van der Waals surface area (Å²) in [6, 6.07) is 3.31. The molecule has 3 rings (SSSR count). The molecule has 23 heavy (non-hydrogen) atoms. The van der Waals surface area contributed by atoms with E-state index in [9.17, 15) is 9.59 Å². The van der Waals surface area contributed by atoms with Crippen LogP contribution < -0.4 is 5.48 Å². The molecule has 0 aliphatic carbocycles. The number of amides is 2. The normalized spacial score (nSPS) is 13.8.